The second-order valence-corrected chi connectivity index (χ2v) is 9.51. The van der Waals surface area contributed by atoms with Crippen LogP contribution in [0.15, 0.2) is 72.8 Å². The molecule has 3 aromatic carbocycles. The van der Waals surface area contributed by atoms with Crippen molar-refractivity contribution in [2.45, 2.75) is 77.6 Å². The van der Waals surface area contributed by atoms with E-state index in [0.717, 1.165) is 18.3 Å². The topological polar surface area (TPSA) is 0 Å². The average molecular weight is 411 g/mol. The van der Waals surface area contributed by atoms with Gasteiger partial charge in [0.05, 0.1) is 0 Å². The van der Waals surface area contributed by atoms with Crippen molar-refractivity contribution in [1.82, 2.24) is 0 Å². The Morgan fingerprint density at radius 2 is 1.06 bits per heavy atom. The molecule has 0 radical (unpaired) electrons. The Balaban J connectivity index is 1.38. The zero-order valence-electron chi connectivity index (χ0n) is 19.4. The molecule has 0 heteroatoms. The average Bonchev–Trinajstić information content (AvgIpc) is 2.84. The second-order valence-electron chi connectivity index (χ2n) is 9.51. The lowest BCUT2D eigenvalue weighted by Gasteiger charge is -2.29. The van der Waals surface area contributed by atoms with E-state index in [1.54, 1.807) is 5.56 Å². The van der Waals surface area contributed by atoms with Crippen molar-refractivity contribution >= 4 is 0 Å². The van der Waals surface area contributed by atoms with Crippen LogP contribution < -0.4 is 0 Å². The van der Waals surface area contributed by atoms with Gasteiger partial charge >= 0.3 is 0 Å². The van der Waals surface area contributed by atoms with Crippen molar-refractivity contribution in [1.29, 1.82) is 0 Å². The number of benzene rings is 3. The summed E-state index contributed by atoms with van der Waals surface area (Å²) in [6.45, 7) is 4.55. The van der Waals surface area contributed by atoms with Gasteiger partial charge in [0.2, 0.25) is 0 Å². The highest BCUT2D eigenvalue weighted by molar-refractivity contribution is 5.70. The van der Waals surface area contributed by atoms with Crippen LogP contribution >= 0.6 is 0 Å². The Bertz CT molecular complexity index is 907. The fraction of sp³-hybridized carbons (Fsp3) is 0.419. The molecular formula is C31H38. The maximum Gasteiger partial charge on any atom is -0.0162 e. The van der Waals surface area contributed by atoms with Gasteiger partial charge in [-0.25, -0.2) is 0 Å². The van der Waals surface area contributed by atoms with E-state index in [2.05, 4.69) is 86.6 Å². The Morgan fingerprint density at radius 1 is 0.581 bits per heavy atom. The summed E-state index contributed by atoms with van der Waals surface area (Å²) in [7, 11) is 0. The van der Waals surface area contributed by atoms with Crippen molar-refractivity contribution in [2.24, 2.45) is 5.92 Å². The third-order valence-corrected chi connectivity index (χ3v) is 7.24. The first-order valence-electron chi connectivity index (χ1n) is 12.6. The molecule has 0 N–H and O–H groups in total. The van der Waals surface area contributed by atoms with Crippen molar-refractivity contribution in [3.63, 3.8) is 0 Å². The Morgan fingerprint density at radius 3 is 1.55 bits per heavy atom. The molecule has 0 amide bonds. The van der Waals surface area contributed by atoms with E-state index in [9.17, 15) is 0 Å². The third-order valence-electron chi connectivity index (χ3n) is 7.24. The second kappa shape index (κ2) is 10.8. The number of aryl methyl sites for hydroxylation is 1. The van der Waals surface area contributed by atoms with E-state index < -0.39 is 0 Å². The van der Waals surface area contributed by atoms with Gasteiger partial charge in [0.25, 0.3) is 0 Å². The highest BCUT2D eigenvalue weighted by atomic mass is 14.3. The molecule has 4 rings (SSSR count). The maximum absolute atomic E-state index is 2.38. The lowest BCUT2D eigenvalue weighted by molar-refractivity contribution is 0.304. The summed E-state index contributed by atoms with van der Waals surface area (Å²) in [6, 6.07) is 27.5. The molecular weight excluding hydrogens is 372 g/mol. The van der Waals surface area contributed by atoms with Crippen molar-refractivity contribution in [2.75, 3.05) is 0 Å². The van der Waals surface area contributed by atoms with E-state index in [4.69, 9.17) is 0 Å². The zero-order chi connectivity index (χ0) is 21.5. The molecule has 0 aliphatic heterocycles. The van der Waals surface area contributed by atoms with Gasteiger partial charge in [-0.15, -0.1) is 0 Å². The molecule has 0 aromatic heterocycles. The zero-order valence-corrected chi connectivity index (χ0v) is 19.4. The first kappa shape index (κ1) is 21.9. The van der Waals surface area contributed by atoms with Crippen molar-refractivity contribution < 1.29 is 0 Å². The predicted octanol–water partition coefficient (Wildman–Crippen LogP) is 9.44. The van der Waals surface area contributed by atoms with Gasteiger partial charge in [0, 0.05) is 0 Å². The van der Waals surface area contributed by atoms with Crippen LogP contribution in [-0.2, 0) is 6.42 Å². The molecule has 0 bridgehead atoms. The fourth-order valence-electron chi connectivity index (χ4n) is 5.23. The fourth-order valence-corrected chi connectivity index (χ4v) is 5.23. The molecule has 0 heterocycles. The molecule has 0 unspecified atom stereocenters. The van der Waals surface area contributed by atoms with Gasteiger partial charge in [-0.2, -0.15) is 0 Å². The van der Waals surface area contributed by atoms with Crippen LogP contribution in [0.2, 0.25) is 0 Å². The SMILES string of the molecule is CCCCC1CCC(c2ccc(-c3ccc(-c4ccc(CCC)cc4)cc3)cc2)CC1. The van der Waals surface area contributed by atoms with E-state index in [-0.39, 0.29) is 0 Å². The first-order chi connectivity index (χ1) is 15.3. The summed E-state index contributed by atoms with van der Waals surface area (Å²) in [6.07, 6.45) is 12.2. The van der Waals surface area contributed by atoms with E-state index in [0.29, 0.717) is 0 Å². The summed E-state index contributed by atoms with van der Waals surface area (Å²) in [5.74, 6) is 1.75. The predicted molar refractivity (Wildman–Crippen MR) is 136 cm³/mol. The normalized spacial score (nSPS) is 18.8. The number of unbranched alkanes of at least 4 members (excludes halogenated alkanes) is 1. The lowest BCUT2D eigenvalue weighted by atomic mass is 9.77. The quantitative estimate of drug-likeness (QED) is 0.347. The summed E-state index contributed by atoms with van der Waals surface area (Å²) >= 11 is 0. The molecule has 0 spiro atoms. The lowest BCUT2D eigenvalue weighted by Crippen LogP contribution is -2.13. The molecule has 1 aliphatic rings. The largest absolute Gasteiger partial charge is 0.0654 e. The van der Waals surface area contributed by atoms with Crippen LogP contribution in [0.25, 0.3) is 22.3 Å². The van der Waals surface area contributed by atoms with Crippen molar-refractivity contribution in [3.8, 4) is 22.3 Å². The minimum absolute atomic E-state index is 0.769. The van der Waals surface area contributed by atoms with E-state index in [1.165, 1.54) is 79.2 Å². The summed E-state index contributed by atoms with van der Waals surface area (Å²) in [5, 5.41) is 0. The number of rotatable bonds is 8. The van der Waals surface area contributed by atoms with Gasteiger partial charge in [-0.05, 0) is 77.3 Å². The standard InChI is InChI=1S/C31H38/c1-3-5-7-25-10-14-27(15-11-25)29-18-22-31(23-19-29)30-20-16-28(17-21-30)26-12-8-24(6-4-2)9-13-26/h8-9,12-13,16-23,25,27H,3-7,10-11,14-15H2,1-2H3. The van der Waals surface area contributed by atoms with E-state index >= 15 is 0 Å². The number of hydrogen-bond acceptors (Lipinski definition) is 0. The van der Waals surface area contributed by atoms with Gasteiger partial charge in [-0.1, -0.05) is 112 Å². The molecule has 3 aromatic rings. The van der Waals surface area contributed by atoms with Crippen LogP contribution in [-0.4, -0.2) is 0 Å². The molecule has 162 valence electrons. The number of hydrogen-bond donors (Lipinski definition) is 0. The van der Waals surface area contributed by atoms with Crippen LogP contribution in [0.1, 0.15) is 82.3 Å². The van der Waals surface area contributed by atoms with Crippen LogP contribution in [0, 0.1) is 5.92 Å². The van der Waals surface area contributed by atoms with Gasteiger partial charge in [0.15, 0.2) is 0 Å². The summed E-state index contributed by atoms with van der Waals surface area (Å²) in [5.41, 5.74) is 8.20. The molecule has 0 nitrogen and oxygen atoms in total. The molecule has 1 aliphatic carbocycles. The smallest absolute Gasteiger partial charge is 0.0162 e. The van der Waals surface area contributed by atoms with Crippen LogP contribution in [0.3, 0.4) is 0 Å². The Labute approximate surface area is 189 Å². The van der Waals surface area contributed by atoms with Crippen molar-refractivity contribution in [3.05, 3.63) is 83.9 Å². The summed E-state index contributed by atoms with van der Waals surface area (Å²) < 4.78 is 0. The minimum Gasteiger partial charge on any atom is -0.0654 e. The Kier molecular flexibility index (Phi) is 7.62. The molecule has 0 saturated heterocycles. The molecule has 1 saturated carbocycles. The van der Waals surface area contributed by atoms with Gasteiger partial charge in [0.1, 0.15) is 0 Å². The highest BCUT2D eigenvalue weighted by Gasteiger charge is 2.21. The molecule has 31 heavy (non-hydrogen) atoms. The summed E-state index contributed by atoms with van der Waals surface area (Å²) in [4.78, 5) is 0. The van der Waals surface area contributed by atoms with E-state index in [1.807, 2.05) is 0 Å². The monoisotopic (exact) mass is 410 g/mol. The van der Waals surface area contributed by atoms with Gasteiger partial charge < -0.3 is 0 Å². The third kappa shape index (κ3) is 5.67. The van der Waals surface area contributed by atoms with Gasteiger partial charge in [-0.3, -0.25) is 0 Å². The maximum atomic E-state index is 2.38. The molecule has 0 atom stereocenters. The Hall–Kier alpha value is -2.34. The van der Waals surface area contributed by atoms with Crippen LogP contribution in [0.5, 0.6) is 0 Å². The highest BCUT2D eigenvalue weighted by Crippen LogP contribution is 2.38. The minimum atomic E-state index is 0.769. The van der Waals surface area contributed by atoms with Crippen LogP contribution in [0.4, 0.5) is 0 Å². The first-order valence-corrected chi connectivity index (χ1v) is 12.6. The molecule has 1 fully saturated rings.